The molecule has 0 saturated heterocycles. The Labute approximate surface area is 324 Å². The van der Waals surface area contributed by atoms with Crippen molar-refractivity contribution in [2.45, 2.75) is 50.8 Å². The van der Waals surface area contributed by atoms with Gasteiger partial charge in [-0.25, -0.2) is 18.4 Å². The largest absolute Gasteiger partial charge is 0.508 e. The Morgan fingerprint density at radius 1 is 1.02 bits per heavy atom. The Hall–Kier alpha value is -6.08. The van der Waals surface area contributed by atoms with E-state index in [1.807, 2.05) is 0 Å². The molecule has 17 nitrogen and oxygen atoms in total. The zero-order chi connectivity index (χ0) is 42.6. The van der Waals surface area contributed by atoms with Crippen LogP contribution in [0.15, 0.2) is 41.2 Å². The van der Waals surface area contributed by atoms with Gasteiger partial charge in [0.2, 0.25) is 18.5 Å². The number of phenolic OH excluding ortho intramolecular Hbond substituents is 1. The van der Waals surface area contributed by atoms with Crippen molar-refractivity contribution in [2.24, 2.45) is 17.6 Å². The van der Waals surface area contributed by atoms with Gasteiger partial charge < -0.3 is 45.9 Å². The van der Waals surface area contributed by atoms with Crippen molar-refractivity contribution in [2.75, 3.05) is 51.7 Å². The van der Waals surface area contributed by atoms with Gasteiger partial charge in [-0.3, -0.25) is 29.0 Å². The fourth-order valence-corrected chi connectivity index (χ4v) is 7.67. The number of carbonyl (C=O) groups excluding carboxylic acids is 6. The molecule has 0 unspecified atom stereocenters. The van der Waals surface area contributed by atoms with Crippen LogP contribution in [0.1, 0.15) is 48.7 Å². The number of rotatable bonds is 9. The Kier molecular flexibility index (Phi) is 11.2. The number of benzene rings is 2. The fraction of sp³-hybridized carbons (Fsp3) is 0.421. The molecule has 7 N–H and O–H groups in total. The monoisotopic (exact) mass is 799 g/mol. The summed E-state index contributed by atoms with van der Waals surface area (Å²) in [6.45, 7) is 2.86. The molecule has 0 heterocycles. The number of nitrogens with one attached hydrogen (secondary N) is 1. The van der Waals surface area contributed by atoms with E-state index in [0.717, 1.165) is 23.1 Å². The van der Waals surface area contributed by atoms with Gasteiger partial charge in [0.05, 0.1) is 17.3 Å². The molecule has 4 atom stereocenters. The summed E-state index contributed by atoms with van der Waals surface area (Å²) in [4.78, 5) is 82.7. The van der Waals surface area contributed by atoms with Crippen molar-refractivity contribution in [3.8, 4) is 5.75 Å². The average molecular weight is 800 g/mol. The number of carbonyl (C=O) groups is 6. The topological polar surface area (TPSA) is 250 Å². The summed E-state index contributed by atoms with van der Waals surface area (Å²) in [5.41, 5.74) is -0.760. The lowest BCUT2D eigenvalue weighted by Gasteiger charge is -2.50. The van der Waals surface area contributed by atoms with Gasteiger partial charge in [-0.2, -0.15) is 0 Å². The zero-order valence-corrected chi connectivity index (χ0v) is 32.1. The molecular weight excluding hydrogens is 756 g/mol. The van der Waals surface area contributed by atoms with E-state index in [1.54, 1.807) is 39.8 Å². The molecule has 1 saturated carbocycles. The van der Waals surface area contributed by atoms with Crippen LogP contribution in [0.2, 0.25) is 0 Å². The molecule has 1 fully saturated rings. The molecule has 0 spiro atoms. The van der Waals surface area contributed by atoms with E-state index in [4.69, 9.17) is 15.2 Å². The fourth-order valence-electron chi connectivity index (χ4n) is 7.67. The molecule has 19 heteroatoms. The molecule has 2 aromatic carbocycles. The predicted octanol–water partition coefficient (Wildman–Crippen LogP) is 2.30. The highest BCUT2D eigenvalue weighted by Gasteiger charge is 2.64. The van der Waals surface area contributed by atoms with Crippen LogP contribution in [0.5, 0.6) is 5.75 Å². The minimum atomic E-state index is -2.85. The van der Waals surface area contributed by atoms with Gasteiger partial charge in [-0.05, 0) is 77.4 Å². The molecule has 3 amide bonds. The lowest BCUT2D eigenvalue weighted by atomic mass is 9.57. The van der Waals surface area contributed by atoms with Crippen molar-refractivity contribution in [3.05, 3.63) is 69.5 Å². The van der Waals surface area contributed by atoms with Gasteiger partial charge in [-0.15, -0.1) is 0 Å². The second-order valence-corrected chi connectivity index (χ2v) is 15.4. The Morgan fingerprint density at radius 3 is 2.18 bits per heavy atom. The number of primary amides is 1. The lowest BCUT2D eigenvalue weighted by Crippen LogP contribution is -2.65. The minimum Gasteiger partial charge on any atom is -0.508 e. The van der Waals surface area contributed by atoms with E-state index in [-0.39, 0.29) is 24.1 Å². The van der Waals surface area contributed by atoms with Crippen LogP contribution in [0.4, 0.5) is 25.0 Å². The first-order valence-corrected chi connectivity index (χ1v) is 17.5. The molecule has 3 aliphatic rings. The normalized spacial score (nSPS) is 21.7. The Bertz CT molecular complexity index is 2140. The van der Waals surface area contributed by atoms with Crippen LogP contribution < -0.4 is 16.0 Å². The van der Waals surface area contributed by atoms with E-state index in [1.165, 1.54) is 25.1 Å². The van der Waals surface area contributed by atoms with Crippen LogP contribution in [-0.2, 0) is 35.1 Å². The maximum atomic E-state index is 14.3. The second kappa shape index (κ2) is 15.1. The number of ether oxygens (including phenoxy) is 2. The number of nitrogens with zero attached hydrogens (tertiary/aromatic N) is 3. The highest BCUT2D eigenvalue weighted by atomic mass is 19.1. The van der Waals surface area contributed by atoms with Crippen molar-refractivity contribution >= 4 is 52.6 Å². The summed E-state index contributed by atoms with van der Waals surface area (Å²) >= 11 is 0. The Balaban J connectivity index is 1.45. The van der Waals surface area contributed by atoms with Gasteiger partial charge in [-0.1, -0.05) is 6.07 Å². The number of amides is 3. The molecule has 0 radical (unpaired) electrons. The number of likely N-dealkylation sites (N-methyl/N-ethyl adjacent to an activating group) is 1. The third-order valence-corrected chi connectivity index (χ3v) is 10.3. The van der Waals surface area contributed by atoms with Gasteiger partial charge in [0.15, 0.2) is 11.4 Å². The van der Waals surface area contributed by atoms with Crippen LogP contribution in [-0.4, -0.2) is 124 Å². The minimum absolute atomic E-state index is 0.0123. The number of ketones is 2. The quantitative estimate of drug-likeness (QED) is 0.0923. The second-order valence-electron chi connectivity index (χ2n) is 15.4. The van der Waals surface area contributed by atoms with E-state index in [2.05, 4.69) is 5.32 Å². The molecule has 2 aromatic rings. The number of fused-ring (bicyclic) bond motifs is 3. The van der Waals surface area contributed by atoms with E-state index < -0.39 is 123 Å². The number of aliphatic hydroxyl groups excluding tert-OH is 2. The van der Waals surface area contributed by atoms with Crippen molar-refractivity contribution in [1.29, 1.82) is 0 Å². The molecule has 57 heavy (non-hydrogen) atoms. The summed E-state index contributed by atoms with van der Waals surface area (Å²) in [5, 5.41) is 48.8. The first-order chi connectivity index (χ1) is 26.4. The van der Waals surface area contributed by atoms with E-state index in [0.29, 0.717) is 11.3 Å². The number of aliphatic hydroxyl groups is 3. The number of esters is 1. The molecule has 0 aromatic heterocycles. The number of anilines is 2. The van der Waals surface area contributed by atoms with E-state index >= 15 is 0 Å². The number of halogens is 2. The molecule has 3 aliphatic carbocycles. The summed E-state index contributed by atoms with van der Waals surface area (Å²) in [6, 6.07) is 2.85. The summed E-state index contributed by atoms with van der Waals surface area (Å²) in [6.07, 6.45) is -1.31. The highest BCUT2D eigenvalue weighted by molar-refractivity contribution is 6.24. The summed E-state index contributed by atoms with van der Waals surface area (Å²) in [5.74, 6) is -13.0. The Morgan fingerprint density at radius 2 is 1.63 bits per heavy atom. The first kappa shape index (κ1) is 42.1. The van der Waals surface area contributed by atoms with Gasteiger partial charge in [0.1, 0.15) is 46.6 Å². The first-order valence-electron chi connectivity index (χ1n) is 17.5. The third-order valence-electron chi connectivity index (χ3n) is 10.3. The standard InChI is InChI=1S/C38H43F2N5O12/c1-37(2,3)45(36(54)57-15-56-35(53)26-19(39)9-8-10-20(26)40)14-23(46)42-21-13-22(43(4)5)17-11-16-12-18-28(44(6)7)31(49)27(34(41)52)33(51)38(18,55)32(50)24(16)30(48)25(17)29(21)47/h8-10,13,16,18,28,47-48,51,55H,11-12,14-15H2,1-7H3,(H2,41,52)(H,42,46)/t16-,18-,28-,38-/m0/s1. The SMILES string of the molecule is CN(C)c1cc(NC(=O)CN(C(=O)OCOC(=O)c2c(F)cccc2F)C(C)(C)C)c(O)c2c1C[C@H]1C[C@H]3[C@H](N(C)C)C(=O)C(C(N)=O)=C(O)[C@@]3(O)C(=O)C1=C2O. The molecule has 0 aliphatic heterocycles. The predicted molar refractivity (Wildman–Crippen MR) is 197 cm³/mol. The third kappa shape index (κ3) is 7.23. The average Bonchev–Trinajstić information content (AvgIpc) is 3.08. The molecule has 306 valence electrons. The smallest absolute Gasteiger partial charge is 0.413 e. The summed E-state index contributed by atoms with van der Waals surface area (Å²) < 4.78 is 37.6. The number of Topliss-reactive ketones (excluding diaryl/α,β-unsaturated/α-hetero) is 2. The lowest BCUT2D eigenvalue weighted by molar-refractivity contribution is -0.153. The molecule has 5 rings (SSSR count). The zero-order valence-electron chi connectivity index (χ0n) is 32.1. The number of phenols is 1. The van der Waals surface area contributed by atoms with Crippen molar-refractivity contribution < 1.29 is 67.4 Å². The summed E-state index contributed by atoms with van der Waals surface area (Å²) in [7, 11) is 6.26. The maximum Gasteiger partial charge on any atom is 0.413 e. The van der Waals surface area contributed by atoms with Crippen LogP contribution in [0, 0.1) is 23.5 Å². The highest BCUT2D eigenvalue weighted by Crippen LogP contribution is 2.54. The number of hydrogen-bond acceptors (Lipinski definition) is 14. The molecular formula is C38H43F2N5O12. The van der Waals surface area contributed by atoms with Crippen LogP contribution >= 0.6 is 0 Å². The van der Waals surface area contributed by atoms with Gasteiger partial charge in [0.25, 0.3) is 5.91 Å². The van der Waals surface area contributed by atoms with Gasteiger partial charge >= 0.3 is 12.1 Å². The van der Waals surface area contributed by atoms with E-state index in [9.17, 15) is 58.0 Å². The van der Waals surface area contributed by atoms with Crippen LogP contribution in [0.3, 0.4) is 0 Å². The molecule has 0 bridgehead atoms. The van der Waals surface area contributed by atoms with Crippen molar-refractivity contribution in [1.82, 2.24) is 9.80 Å². The maximum absolute atomic E-state index is 14.3. The van der Waals surface area contributed by atoms with Crippen LogP contribution in [0.25, 0.3) is 5.76 Å². The van der Waals surface area contributed by atoms with Gasteiger partial charge in [0, 0.05) is 36.8 Å². The van der Waals surface area contributed by atoms with Crippen molar-refractivity contribution in [3.63, 3.8) is 0 Å². The number of hydrogen-bond donors (Lipinski definition) is 6. The number of nitrogens with two attached hydrogens (primary N) is 1. The number of aromatic hydroxyl groups is 1.